The van der Waals surface area contributed by atoms with E-state index in [9.17, 15) is 14.4 Å². The molecule has 8 heteroatoms. The van der Waals surface area contributed by atoms with E-state index in [1.54, 1.807) is 7.05 Å². The van der Waals surface area contributed by atoms with E-state index >= 15 is 0 Å². The molecular weight excluding hydrogens is 311 g/mol. The molecule has 19 heavy (non-hydrogen) atoms. The first-order valence-corrected chi connectivity index (χ1v) is 6.95. The summed E-state index contributed by atoms with van der Waals surface area (Å²) in [6.07, 6.45) is 0. The van der Waals surface area contributed by atoms with Crippen LogP contribution in [-0.2, 0) is 9.59 Å². The van der Waals surface area contributed by atoms with Gasteiger partial charge in [0.25, 0.3) is 0 Å². The lowest BCUT2D eigenvalue weighted by atomic mass is 10.2. The van der Waals surface area contributed by atoms with Gasteiger partial charge in [0, 0.05) is 7.05 Å². The molecule has 0 N–H and O–H groups in total. The van der Waals surface area contributed by atoms with Gasteiger partial charge < -0.3 is 9.80 Å². The SMILES string of the molecule is CN1CC(=O)N(CC(=O)c2cc(Cl)sc2Cl)CC1=O. The smallest absolute Gasteiger partial charge is 0.243 e. The maximum Gasteiger partial charge on any atom is 0.243 e. The molecule has 1 saturated heterocycles. The van der Waals surface area contributed by atoms with Crippen molar-refractivity contribution in [3.8, 4) is 0 Å². The molecule has 1 aliphatic rings. The third-order valence-electron chi connectivity index (χ3n) is 2.77. The summed E-state index contributed by atoms with van der Waals surface area (Å²) in [7, 11) is 1.55. The molecule has 0 aromatic carbocycles. The van der Waals surface area contributed by atoms with Crippen molar-refractivity contribution in [2.45, 2.75) is 0 Å². The van der Waals surface area contributed by atoms with Crippen molar-refractivity contribution in [2.75, 3.05) is 26.7 Å². The Morgan fingerprint density at radius 2 is 2.00 bits per heavy atom. The summed E-state index contributed by atoms with van der Waals surface area (Å²) in [6, 6.07) is 1.47. The standard InChI is InChI=1S/C11H10Cl2N2O3S/c1-14-4-10(18)15(5-9(14)17)3-7(16)6-2-8(12)19-11(6)13/h2H,3-5H2,1H3. The van der Waals surface area contributed by atoms with Gasteiger partial charge in [0.05, 0.1) is 23.0 Å². The van der Waals surface area contributed by atoms with E-state index in [1.165, 1.54) is 15.9 Å². The number of ketones is 1. The molecule has 1 aromatic rings. The van der Waals surface area contributed by atoms with E-state index in [4.69, 9.17) is 23.2 Å². The van der Waals surface area contributed by atoms with E-state index in [0.717, 1.165) is 11.3 Å². The number of amides is 2. The molecule has 0 spiro atoms. The maximum absolute atomic E-state index is 12.0. The van der Waals surface area contributed by atoms with Crippen LogP contribution in [0.2, 0.25) is 8.67 Å². The number of rotatable bonds is 3. The van der Waals surface area contributed by atoms with E-state index in [-0.39, 0.29) is 42.8 Å². The minimum absolute atomic E-state index is 0.00968. The molecule has 0 saturated carbocycles. The molecule has 0 radical (unpaired) electrons. The highest BCUT2D eigenvalue weighted by Crippen LogP contribution is 2.31. The lowest BCUT2D eigenvalue weighted by Gasteiger charge is -2.31. The Balaban J connectivity index is 2.09. The van der Waals surface area contributed by atoms with Gasteiger partial charge in [-0.15, -0.1) is 11.3 Å². The van der Waals surface area contributed by atoms with Gasteiger partial charge in [-0.3, -0.25) is 14.4 Å². The molecule has 1 aromatic heterocycles. The van der Waals surface area contributed by atoms with Crippen molar-refractivity contribution in [3.05, 3.63) is 20.3 Å². The van der Waals surface area contributed by atoms with E-state index in [2.05, 4.69) is 0 Å². The van der Waals surface area contributed by atoms with Crippen LogP contribution in [0, 0.1) is 0 Å². The lowest BCUT2D eigenvalue weighted by molar-refractivity contribution is -0.148. The average molecular weight is 321 g/mol. The summed E-state index contributed by atoms with van der Waals surface area (Å²) in [5.74, 6) is -0.770. The number of thiophene rings is 1. The number of likely N-dealkylation sites (N-methyl/N-ethyl adjacent to an activating group) is 1. The highest BCUT2D eigenvalue weighted by atomic mass is 35.5. The molecule has 1 aliphatic heterocycles. The highest BCUT2D eigenvalue weighted by Gasteiger charge is 2.29. The van der Waals surface area contributed by atoms with Crippen molar-refractivity contribution in [3.63, 3.8) is 0 Å². The molecule has 0 aliphatic carbocycles. The number of halogens is 2. The average Bonchev–Trinajstić information content (AvgIpc) is 2.65. The molecule has 1 fully saturated rings. The van der Waals surface area contributed by atoms with Crippen LogP contribution < -0.4 is 0 Å². The number of Topliss-reactive ketones (excluding diaryl/α,β-unsaturated/α-hetero) is 1. The Labute approximate surface area is 123 Å². The van der Waals surface area contributed by atoms with Gasteiger partial charge in [0.15, 0.2) is 5.78 Å². The zero-order valence-corrected chi connectivity index (χ0v) is 12.3. The summed E-state index contributed by atoms with van der Waals surface area (Å²) in [6.45, 7) is -0.258. The summed E-state index contributed by atoms with van der Waals surface area (Å²) < 4.78 is 0.706. The summed E-state index contributed by atoms with van der Waals surface area (Å²) in [5.41, 5.74) is 0.288. The second-order valence-electron chi connectivity index (χ2n) is 4.16. The maximum atomic E-state index is 12.0. The minimum Gasteiger partial charge on any atom is -0.335 e. The van der Waals surface area contributed by atoms with Crippen molar-refractivity contribution in [1.29, 1.82) is 0 Å². The molecule has 5 nitrogen and oxygen atoms in total. The summed E-state index contributed by atoms with van der Waals surface area (Å²) in [5, 5.41) is 0. The zero-order valence-electron chi connectivity index (χ0n) is 9.98. The van der Waals surface area contributed by atoms with Crippen LogP contribution in [0.15, 0.2) is 6.07 Å². The number of carbonyl (C=O) groups excluding carboxylic acids is 3. The Kier molecular flexibility index (Phi) is 4.13. The Morgan fingerprint density at radius 1 is 1.32 bits per heavy atom. The molecule has 2 heterocycles. The molecule has 0 unspecified atom stereocenters. The van der Waals surface area contributed by atoms with Crippen LogP contribution in [0.5, 0.6) is 0 Å². The fourth-order valence-electron chi connectivity index (χ4n) is 1.70. The first kappa shape index (κ1) is 14.3. The molecule has 2 amide bonds. The second-order valence-corrected chi connectivity index (χ2v) is 6.45. The van der Waals surface area contributed by atoms with Gasteiger partial charge in [-0.05, 0) is 6.07 Å². The van der Waals surface area contributed by atoms with Crippen LogP contribution >= 0.6 is 34.5 Å². The minimum atomic E-state index is -0.321. The fraction of sp³-hybridized carbons (Fsp3) is 0.364. The van der Waals surface area contributed by atoms with Crippen molar-refractivity contribution in [2.24, 2.45) is 0 Å². The van der Waals surface area contributed by atoms with Gasteiger partial charge in [0.2, 0.25) is 11.8 Å². The number of carbonyl (C=O) groups is 3. The largest absolute Gasteiger partial charge is 0.335 e. The predicted octanol–water partition coefficient (Wildman–Crippen LogP) is 1.54. The number of hydrogen-bond donors (Lipinski definition) is 0. The second kappa shape index (κ2) is 5.48. The van der Waals surface area contributed by atoms with Gasteiger partial charge >= 0.3 is 0 Å². The van der Waals surface area contributed by atoms with Crippen LogP contribution in [0.1, 0.15) is 10.4 Å². The summed E-state index contributed by atoms with van der Waals surface area (Å²) in [4.78, 5) is 37.8. The Bertz CT molecular complexity index is 558. The zero-order chi connectivity index (χ0) is 14.2. The van der Waals surface area contributed by atoms with Crippen LogP contribution in [0.3, 0.4) is 0 Å². The number of piperazine rings is 1. The number of nitrogens with zero attached hydrogens (tertiary/aromatic N) is 2. The number of hydrogen-bond acceptors (Lipinski definition) is 4. The molecule has 102 valence electrons. The predicted molar refractivity (Wildman–Crippen MR) is 72.9 cm³/mol. The van der Waals surface area contributed by atoms with Crippen LogP contribution in [0.25, 0.3) is 0 Å². The van der Waals surface area contributed by atoms with E-state index in [1.807, 2.05) is 0 Å². The topological polar surface area (TPSA) is 57.7 Å². The summed E-state index contributed by atoms with van der Waals surface area (Å²) >= 11 is 12.7. The van der Waals surface area contributed by atoms with Crippen molar-refractivity contribution in [1.82, 2.24) is 9.80 Å². The fourth-order valence-corrected chi connectivity index (χ4v) is 3.20. The van der Waals surface area contributed by atoms with E-state index < -0.39 is 0 Å². The van der Waals surface area contributed by atoms with Crippen LogP contribution in [0.4, 0.5) is 0 Å². The first-order valence-electron chi connectivity index (χ1n) is 5.38. The molecular formula is C11H10Cl2N2O3S. The lowest BCUT2D eigenvalue weighted by Crippen LogP contribution is -2.53. The van der Waals surface area contributed by atoms with Crippen molar-refractivity contribution < 1.29 is 14.4 Å². The molecule has 0 atom stereocenters. The quantitative estimate of drug-likeness (QED) is 0.794. The Morgan fingerprint density at radius 3 is 2.58 bits per heavy atom. The molecule has 2 rings (SSSR count). The van der Waals surface area contributed by atoms with E-state index in [0.29, 0.717) is 8.67 Å². The van der Waals surface area contributed by atoms with Crippen LogP contribution in [-0.4, -0.2) is 54.1 Å². The highest BCUT2D eigenvalue weighted by molar-refractivity contribution is 7.20. The van der Waals surface area contributed by atoms with Gasteiger partial charge in [-0.1, -0.05) is 23.2 Å². The Hall–Kier alpha value is -1.11. The third-order valence-corrected chi connectivity index (χ3v) is 4.26. The first-order chi connectivity index (χ1) is 8.88. The van der Waals surface area contributed by atoms with Gasteiger partial charge in [0.1, 0.15) is 10.9 Å². The normalized spacial score (nSPS) is 16.2. The van der Waals surface area contributed by atoms with Gasteiger partial charge in [-0.2, -0.15) is 0 Å². The van der Waals surface area contributed by atoms with Gasteiger partial charge in [-0.25, -0.2) is 0 Å². The third kappa shape index (κ3) is 3.08. The van der Waals surface area contributed by atoms with Crippen molar-refractivity contribution >= 4 is 52.1 Å². The molecule has 0 bridgehead atoms. The monoisotopic (exact) mass is 320 g/mol.